The Morgan fingerprint density at radius 2 is 2.09 bits per heavy atom. The number of anilines is 1. The van der Waals surface area contributed by atoms with Crippen LogP contribution in [0, 0.1) is 13.8 Å². The first-order valence-corrected chi connectivity index (χ1v) is 7.63. The summed E-state index contributed by atoms with van der Waals surface area (Å²) in [6.45, 7) is 4.86. The number of carbonyl (C=O) groups is 1. The van der Waals surface area contributed by atoms with E-state index in [2.05, 4.69) is 15.5 Å². The summed E-state index contributed by atoms with van der Waals surface area (Å²) >= 11 is 0. The summed E-state index contributed by atoms with van der Waals surface area (Å²) in [5.41, 5.74) is 3.58. The number of hydrogen-bond donors (Lipinski definition) is 2. The maximum absolute atomic E-state index is 12.1. The Bertz CT molecular complexity index is 647. The van der Waals surface area contributed by atoms with Gasteiger partial charge >= 0.3 is 0 Å². The van der Waals surface area contributed by atoms with Crippen LogP contribution in [0.2, 0.25) is 0 Å². The number of aryl methyl sites for hydroxylation is 2. The number of ether oxygens (including phenoxy) is 1. The molecule has 0 bridgehead atoms. The lowest BCUT2D eigenvalue weighted by Gasteiger charge is -2.17. The molecule has 124 valence electrons. The van der Waals surface area contributed by atoms with Gasteiger partial charge in [-0.1, -0.05) is 18.2 Å². The number of para-hydroxylation sites is 1. The molecule has 0 aliphatic carbocycles. The van der Waals surface area contributed by atoms with Crippen LogP contribution in [0.15, 0.2) is 24.3 Å². The smallest absolute Gasteiger partial charge is 0.238 e. The van der Waals surface area contributed by atoms with E-state index in [1.807, 2.05) is 50.1 Å². The zero-order chi connectivity index (χ0) is 16.8. The molecule has 0 radical (unpaired) electrons. The van der Waals surface area contributed by atoms with Crippen molar-refractivity contribution >= 4 is 11.6 Å². The lowest BCUT2D eigenvalue weighted by atomic mass is 10.1. The fourth-order valence-electron chi connectivity index (χ4n) is 2.46. The molecule has 0 saturated carbocycles. The van der Waals surface area contributed by atoms with Crippen molar-refractivity contribution in [2.24, 2.45) is 0 Å². The number of amides is 1. The number of aromatic amines is 1. The minimum Gasteiger partial charge on any atom is -0.496 e. The summed E-state index contributed by atoms with van der Waals surface area (Å²) in [4.78, 5) is 14.1. The molecule has 0 spiro atoms. The van der Waals surface area contributed by atoms with Gasteiger partial charge in [-0.05, 0) is 38.9 Å². The van der Waals surface area contributed by atoms with E-state index in [0.29, 0.717) is 6.54 Å². The van der Waals surface area contributed by atoms with Gasteiger partial charge in [-0.15, -0.1) is 0 Å². The lowest BCUT2D eigenvalue weighted by Crippen LogP contribution is -2.31. The molecule has 1 aromatic carbocycles. The van der Waals surface area contributed by atoms with Gasteiger partial charge < -0.3 is 10.1 Å². The molecule has 23 heavy (non-hydrogen) atoms. The highest BCUT2D eigenvalue weighted by Crippen LogP contribution is 2.18. The molecule has 6 nitrogen and oxygen atoms in total. The normalized spacial score (nSPS) is 10.8. The zero-order valence-corrected chi connectivity index (χ0v) is 14.1. The van der Waals surface area contributed by atoms with Gasteiger partial charge in [0.25, 0.3) is 0 Å². The third-order valence-electron chi connectivity index (χ3n) is 3.76. The van der Waals surface area contributed by atoms with Crippen molar-refractivity contribution in [2.75, 3.05) is 32.6 Å². The van der Waals surface area contributed by atoms with Crippen LogP contribution in [0.4, 0.5) is 5.69 Å². The Morgan fingerprint density at radius 1 is 1.35 bits per heavy atom. The molecule has 1 heterocycles. The van der Waals surface area contributed by atoms with Gasteiger partial charge in [-0.25, -0.2) is 0 Å². The summed E-state index contributed by atoms with van der Waals surface area (Å²) in [6.07, 6.45) is 0.831. The van der Waals surface area contributed by atoms with E-state index in [1.54, 1.807) is 7.11 Å². The minimum atomic E-state index is -0.0415. The molecule has 0 atom stereocenters. The van der Waals surface area contributed by atoms with E-state index in [-0.39, 0.29) is 5.91 Å². The highest BCUT2D eigenvalue weighted by molar-refractivity contribution is 5.93. The lowest BCUT2D eigenvalue weighted by molar-refractivity contribution is -0.117. The van der Waals surface area contributed by atoms with E-state index in [1.165, 1.54) is 0 Å². The summed E-state index contributed by atoms with van der Waals surface area (Å²) in [6, 6.07) is 7.95. The molecule has 2 rings (SSSR count). The number of nitrogens with one attached hydrogen (secondary N) is 2. The van der Waals surface area contributed by atoms with Crippen molar-refractivity contribution in [3.8, 4) is 5.75 Å². The van der Waals surface area contributed by atoms with Crippen molar-refractivity contribution < 1.29 is 9.53 Å². The Labute approximate surface area is 136 Å². The zero-order valence-electron chi connectivity index (χ0n) is 14.1. The highest BCUT2D eigenvalue weighted by atomic mass is 16.5. The van der Waals surface area contributed by atoms with Crippen LogP contribution < -0.4 is 10.1 Å². The quantitative estimate of drug-likeness (QED) is 0.821. The number of likely N-dealkylation sites (N-methyl/N-ethyl adjacent to an activating group) is 1. The van der Waals surface area contributed by atoms with Gasteiger partial charge in [0.05, 0.1) is 30.7 Å². The number of aromatic nitrogens is 2. The average Bonchev–Trinajstić information content (AvgIpc) is 2.85. The second-order valence-corrected chi connectivity index (χ2v) is 5.66. The molecule has 1 aromatic heterocycles. The van der Waals surface area contributed by atoms with E-state index in [4.69, 9.17) is 4.74 Å². The topological polar surface area (TPSA) is 70.2 Å². The van der Waals surface area contributed by atoms with Crippen LogP contribution in [0.25, 0.3) is 0 Å². The molecule has 0 aliphatic rings. The van der Waals surface area contributed by atoms with Crippen molar-refractivity contribution in [1.82, 2.24) is 15.1 Å². The van der Waals surface area contributed by atoms with Gasteiger partial charge in [0.15, 0.2) is 0 Å². The Morgan fingerprint density at radius 3 is 2.74 bits per heavy atom. The van der Waals surface area contributed by atoms with E-state index in [0.717, 1.165) is 41.4 Å². The maximum atomic E-state index is 12.1. The van der Waals surface area contributed by atoms with Gasteiger partial charge in [-0.3, -0.25) is 14.8 Å². The maximum Gasteiger partial charge on any atom is 0.238 e. The molecule has 1 amide bonds. The number of methoxy groups -OCH3 is 1. The first kappa shape index (κ1) is 17.0. The second-order valence-electron chi connectivity index (χ2n) is 5.66. The number of nitrogens with zero attached hydrogens (tertiary/aromatic N) is 2. The SMILES string of the molecule is COc1ccccc1CCN(C)CC(=O)Nc1c(C)n[nH]c1C. The Kier molecular flexibility index (Phi) is 5.76. The highest BCUT2D eigenvalue weighted by Gasteiger charge is 2.12. The third kappa shape index (κ3) is 4.56. The van der Waals surface area contributed by atoms with Crippen molar-refractivity contribution in [3.05, 3.63) is 41.2 Å². The van der Waals surface area contributed by atoms with E-state index in [9.17, 15) is 4.79 Å². The molecule has 6 heteroatoms. The van der Waals surface area contributed by atoms with Crippen LogP contribution in [0.3, 0.4) is 0 Å². The minimum absolute atomic E-state index is 0.0415. The molecule has 0 unspecified atom stereocenters. The fraction of sp³-hybridized carbons (Fsp3) is 0.412. The predicted octanol–water partition coefficient (Wildman–Crippen LogP) is 2.15. The van der Waals surface area contributed by atoms with Crippen molar-refractivity contribution in [1.29, 1.82) is 0 Å². The third-order valence-corrected chi connectivity index (χ3v) is 3.76. The molecular weight excluding hydrogens is 292 g/mol. The van der Waals surface area contributed by atoms with Crippen LogP contribution in [-0.2, 0) is 11.2 Å². The van der Waals surface area contributed by atoms with Crippen molar-refractivity contribution in [3.63, 3.8) is 0 Å². The first-order chi connectivity index (χ1) is 11.0. The van der Waals surface area contributed by atoms with Crippen LogP contribution in [-0.4, -0.2) is 48.3 Å². The predicted molar refractivity (Wildman–Crippen MR) is 90.9 cm³/mol. The van der Waals surface area contributed by atoms with Crippen LogP contribution in [0.5, 0.6) is 5.75 Å². The monoisotopic (exact) mass is 316 g/mol. The van der Waals surface area contributed by atoms with Crippen molar-refractivity contribution in [2.45, 2.75) is 20.3 Å². The number of hydrogen-bond acceptors (Lipinski definition) is 4. The molecule has 0 aliphatic heterocycles. The summed E-state index contributed by atoms with van der Waals surface area (Å²) < 4.78 is 5.35. The molecule has 0 fully saturated rings. The second kappa shape index (κ2) is 7.78. The van der Waals surface area contributed by atoms with Gasteiger partial charge in [-0.2, -0.15) is 5.10 Å². The standard InChI is InChI=1S/C17H24N4O2/c1-12-17(13(2)20-19-12)18-16(22)11-21(3)10-9-14-7-5-6-8-15(14)23-4/h5-8H,9-11H2,1-4H3,(H,18,22)(H,19,20). The number of carbonyl (C=O) groups excluding carboxylic acids is 1. The first-order valence-electron chi connectivity index (χ1n) is 7.63. The van der Waals surface area contributed by atoms with Crippen LogP contribution >= 0.6 is 0 Å². The fourth-order valence-corrected chi connectivity index (χ4v) is 2.46. The molecule has 0 saturated heterocycles. The van der Waals surface area contributed by atoms with E-state index >= 15 is 0 Å². The Balaban J connectivity index is 1.85. The van der Waals surface area contributed by atoms with Gasteiger partial charge in [0.1, 0.15) is 5.75 Å². The molecular formula is C17H24N4O2. The van der Waals surface area contributed by atoms with Gasteiger partial charge in [0.2, 0.25) is 5.91 Å². The number of benzene rings is 1. The molecule has 2 aromatic rings. The van der Waals surface area contributed by atoms with Crippen LogP contribution in [0.1, 0.15) is 17.0 Å². The van der Waals surface area contributed by atoms with Gasteiger partial charge in [0, 0.05) is 6.54 Å². The number of rotatable bonds is 7. The molecule has 2 N–H and O–H groups in total. The van der Waals surface area contributed by atoms with E-state index < -0.39 is 0 Å². The number of H-pyrrole nitrogens is 1. The summed E-state index contributed by atoms with van der Waals surface area (Å²) in [5, 5.41) is 9.85. The summed E-state index contributed by atoms with van der Waals surface area (Å²) in [7, 11) is 3.61. The largest absolute Gasteiger partial charge is 0.496 e. The summed E-state index contributed by atoms with van der Waals surface area (Å²) in [5.74, 6) is 0.843. The Hall–Kier alpha value is -2.34. The average molecular weight is 316 g/mol.